The number of hydrogen-bond acceptors (Lipinski definition) is 4. The average molecular weight is 314 g/mol. The second-order valence-corrected chi connectivity index (χ2v) is 6.32. The maximum atomic E-state index is 11.4. The predicted molar refractivity (Wildman–Crippen MR) is 87.9 cm³/mol. The molecule has 2 aromatic rings. The highest BCUT2D eigenvalue weighted by Gasteiger charge is 2.23. The van der Waals surface area contributed by atoms with E-state index in [4.69, 9.17) is 0 Å². The zero-order valence-corrected chi connectivity index (χ0v) is 13.8. The van der Waals surface area contributed by atoms with Crippen LogP contribution < -0.4 is 4.90 Å². The lowest BCUT2D eigenvalue weighted by molar-refractivity contribution is 0.0695. The van der Waals surface area contributed by atoms with Crippen LogP contribution in [-0.4, -0.2) is 32.4 Å². The molecule has 1 aromatic heterocycles. The summed E-state index contributed by atoms with van der Waals surface area (Å²) in [4.78, 5) is 13.6. The molecule has 0 fully saturated rings. The Morgan fingerprint density at radius 2 is 2.13 bits per heavy atom. The molecule has 0 saturated carbocycles. The van der Waals surface area contributed by atoms with E-state index in [-0.39, 0.29) is 0 Å². The van der Waals surface area contributed by atoms with Gasteiger partial charge in [0.2, 0.25) is 0 Å². The van der Waals surface area contributed by atoms with Crippen molar-refractivity contribution < 1.29 is 9.90 Å². The average Bonchev–Trinajstić information content (AvgIpc) is 2.88. The van der Waals surface area contributed by atoms with Crippen molar-refractivity contribution in [1.29, 1.82) is 0 Å². The Hall–Kier alpha value is -2.37. The fourth-order valence-electron chi connectivity index (χ4n) is 3.25. The van der Waals surface area contributed by atoms with Crippen LogP contribution in [0.15, 0.2) is 18.2 Å². The Balaban J connectivity index is 1.92. The van der Waals surface area contributed by atoms with Crippen molar-refractivity contribution in [3.8, 4) is 0 Å². The summed E-state index contributed by atoms with van der Waals surface area (Å²) in [7, 11) is 1.99. The van der Waals surface area contributed by atoms with Crippen molar-refractivity contribution in [2.45, 2.75) is 39.2 Å². The SMILES string of the molecule is CC(C)c1nnc(CN2CCCc3c(C(=O)O)cccc32)n1C. The fraction of sp³-hybridized carbons (Fsp3) is 0.471. The van der Waals surface area contributed by atoms with Gasteiger partial charge in [-0.05, 0) is 30.5 Å². The zero-order valence-electron chi connectivity index (χ0n) is 13.8. The molecule has 122 valence electrons. The minimum atomic E-state index is -0.857. The van der Waals surface area contributed by atoms with Gasteiger partial charge in [-0.15, -0.1) is 10.2 Å². The Labute approximate surface area is 135 Å². The molecule has 1 aromatic carbocycles. The van der Waals surface area contributed by atoms with Gasteiger partial charge < -0.3 is 14.6 Å². The van der Waals surface area contributed by atoms with Crippen molar-refractivity contribution in [3.63, 3.8) is 0 Å². The molecule has 6 nitrogen and oxygen atoms in total. The lowest BCUT2D eigenvalue weighted by Gasteiger charge is -2.31. The number of rotatable bonds is 4. The number of carbonyl (C=O) groups is 1. The molecule has 0 amide bonds. The normalized spacial score (nSPS) is 14.2. The Morgan fingerprint density at radius 1 is 1.35 bits per heavy atom. The summed E-state index contributed by atoms with van der Waals surface area (Å²) < 4.78 is 2.04. The number of anilines is 1. The van der Waals surface area contributed by atoms with Gasteiger partial charge in [-0.2, -0.15) is 0 Å². The largest absolute Gasteiger partial charge is 0.478 e. The first kappa shape index (κ1) is 15.5. The van der Waals surface area contributed by atoms with Gasteiger partial charge in [-0.1, -0.05) is 19.9 Å². The first-order valence-electron chi connectivity index (χ1n) is 7.97. The third kappa shape index (κ3) is 2.81. The van der Waals surface area contributed by atoms with E-state index in [0.29, 0.717) is 18.0 Å². The van der Waals surface area contributed by atoms with E-state index in [1.165, 1.54) is 0 Å². The van der Waals surface area contributed by atoms with Gasteiger partial charge in [0.05, 0.1) is 12.1 Å². The van der Waals surface area contributed by atoms with Crippen LogP contribution in [0, 0.1) is 0 Å². The third-order valence-corrected chi connectivity index (χ3v) is 4.42. The third-order valence-electron chi connectivity index (χ3n) is 4.42. The molecule has 0 atom stereocenters. The molecule has 0 spiro atoms. The van der Waals surface area contributed by atoms with E-state index < -0.39 is 5.97 Å². The maximum absolute atomic E-state index is 11.4. The number of aromatic nitrogens is 3. The van der Waals surface area contributed by atoms with Crippen molar-refractivity contribution in [3.05, 3.63) is 41.0 Å². The highest BCUT2D eigenvalue weighted by Crippen LogP contribution is 2.31. The standard InChI is InChI=1S/C17H22N4O2/c1-11(2)16-19-18-15(20(16)3)10-21-9-5-7-12-13(17(22)23)6-4-8-14(12)21/h4,6,8,11H,5,7,9-10H2,1-3H3,(H,22,23). The van der Waals surface area contributed by atoms with Gasteiger partial charge in [-0.25, -0.2) is 4.79 Å². The first-order chi connectivity index (χ1) is 11.0. The van der Waals surface area contributed by atoms with Crippen LogP contribution in [0.2, 0.25) is 0 Å². The summed E-state index contributed by atoms with van der Waals surface area (Å²) in [5.41, 5.74) is 2.34. The van der Waals surface area contributed by atoms with Crippen LogP contribution in [0.1, 0.15) is 53.8 Å². The molecule has 6 heteroatoms. The Morgan fingerprint density at radius 3 is 2.78 bits per heavy atom. The maximum Gasteiger partial charge on any atom is 0.336 e. The van der Waals surface area contributed by atoms with Crippen molar-refractivity contribution in [1.82, 2.24) is 14.8 Å². The van der Waals surface area contributed by atoms with E-state index in [0.717, 1.165) is 42.3 Å². The number of nitrogens with zero attached hydrogens (tertiary/aromatic N) is 4. The molecule has 2 heterocycles. The molecule has 0 aliphatic carbocycles. The van der Waals surface area contributed by atoms with Crippen molar-refractivity contribution in [2.75, 3.05) is 11.4 Å². The highest BCUT2D eigenvalue weighted by molar-refractivity contribution is 5.91. The number of carboxylic acids is 1. The Kier molecular flexibility index (Phi) is 4.07. The number of hydrogen-bond donors (Lipinski definition) is 1. The van der Waals surface area contributed by atoms with Crippen LogP contribution in [0.4, 0.5) is 5.69 Å². The molecule has 1 aliphatic heterocycles. The van der Waals surface area contributed by atoms with Gasteiger partial charge in [-0.3, -0.25) is 0 Å². The topological polar surface area (TPSA) is 71.2 Å². The van der Waals surface area contributed by atoms with Gasteiger partial charge >= 0.3 is 5.97 Å². The molecule has 0 radical (unpaired) electrons. The van der Waals surface area contributed by atoms with Gasteiger partial charge in [0.25, 0.3) is 0 Å². The summed E-state index contributed by atoms with van der Waals surface area (Å²) in [6.07, 6.45) is 1.76. The van der Waals surface area contributed by atoms with Crippen LogP contribution >= 0.6 is 0 Å². The molecule has 0 unspecified atom stereocenters. The molecule has 1 N–H and O–H groups in total. The van der Waals surface area contributed by atoms with Crippen LogP contribution in [-0.2, 0) is 20.0 Å². The monoisotopic (exact) mass is 314 g/mol. The van der Waals surface area contributed by atoms with Gasteiger partial charge in [0.1, 0.15) is 5.82 Å². The second-order valence-electron chi connectivity index (χ2n) is 6.32. The van der Waals surface area contributed by atoms with E-state index in [1.54, 1.807) is 6.07 Å². The number of carboxylic acid groups (broad SMARTS) is 1. The quantitative estimate of drug-likeness (QED) is 0.939. The molecule has 0 bridgehead atoms. The minimum Gasteiger partial charge on any atom is -0.478 e. The molecular formula is C17H22N4O2. The van der Waals surface area contributed by atoms with Crippen molar-refractivity contribution in [2.24, 2.45) is 7.05 Å². The summed E-state index contributed by atoms with van der Waals surface area (Å²) >= 11 is 0. The molecule has 23 heavy (non-hydrogen) atoms. The number of aromatic carboxylic acids is 1. The summed E-state index contributed by atoms with van der Waals surface area (Å²) in [6.45, 7) is 5.75. The van der Waals surface area contributed by atoms with Crippen LogP contribution in [0.5, 0.6) is 0 Å². The van der Waals surface area contributed by atoms with E-state index >= 15 is 0 Å². The highest BCUT2D eigenvalue weighted by atomic mass is 16.4. The first-order valence-corrected chi connectivity index (χ1v) is 7.97. The molecule has 1 aliphatic rings. The number of benzene rings is 1. The van der Waals surface area contributed by atoms with E-state index in [2.05, 4.69) is 28.9 Å². The summed E-state index contributed by atoms with van der Waals surface area (Å²) in [5, 5.41) is 18.0. The van der Waals surface area contributed by atoms with Crippen molar-refractivity contribution >= 4 is 11.7 Å². The minimum absolute atomic E-state index is 0.327. The summed E-state index contributed by atoms with van der Waals surface area (Å²) in [6, 6.07) is 5.50. The predicted octanol–water partition coefficient (Wildman–Crippen LogP) is 2.59. The van der Waals surface area contributed by atoms with E-state index in [9.17, 15) is 9.90 Å². The lowest BCUT2D eigenvalue weighted by Crippen LogP contribution is -2.31. The fourth-order valence-corrected chi connectivity index (χ4v) is 3.25. The molecule has 0 saturated heterocycles. The lowest BCUT2D eigenvalue weighted by atomic mass is 9.96. The summed E-state index contributed by atoms with van der Waals surface area (Å²) in [5.74, 6) is 1.34. The smallest absolute Gasteiger partial charge is 0.336 e. The van der Waals surface area contributed by atoms with Gasteiger partial charge in [0.15, 0.2) is 5.82 Å². The Bertz CT molecular complexity index is 736. The molecular weight excluding hydrogens is 292 g/mol. The van der Waals surface area contributed by atoms with Gasteiger partial charge in [0, 0.05) is 25.2 Å². The van der Waals surface area contributed by atoms with Crippen LogP contribution in [0.25, 0.3) is 0 Å². The molecule has 3 rings (SSSR count). The second kappa shape index (κ2) is 6.02. The van der Waals surface area contributed by atoms with E-state index in [1.807, 2.05) is 23.7 Å². The number of fused-ring (bicyclic) bond motifs is 1. The zero-order chi connectivity index (χ0) is 16.6. The van der Waals surface area contributed by atoms with Crippen LogP contribution in [0.3, 0.4) is 0 Å².